The number of carbonyl (C=O) groups excluding carboxylic acids is 1. The molecule has 1 aromatic rings. The molecule has 78 valence electrons. The first-order valence-electron chi connectivity index (χ1n) is 5.58. The van der Waals surface area contributed by atoms with Crippen molar-refractivity contribution < 1.29 is 4.79 Å². The van der Waals surface area contributed by atoms with Crippen LogP contribution >= 0.6 is 0 Å². The van der Waals surface area contributed by atoms with Gasteiger partial charge >= 0.3 is 0 Å². The maximum absolute atomic E-state index is 11.2. The molecule has 0 saturated carbocycles. The molecule has 1 aliphatic rings. The third-order valence-corrected chi connectivity index (χ3v) is 3.08. The SMILES string of the molecule is O=C[C@H](c1ccccc1)[C@@H]1C=CCCC1. The molecule has 1 heteroatoms. The standard InChI is InChI=1S/C14H16O/c15-11-14(12-7-3-1-4-8-12)13-9-5-2-6-10-13/h1,3-5,7-9,11,13-14H,2,6,10H2/t13-,14-/m1/s1. The lowest BCUT2D eigenvalue weighted by Crippen LogP contribution is -2.14. The normalized spacial score (nSPS) is 22.3. The lowest BCUT2D eigenvalue weighted by Gasteiger charge is -2.22. The van der Waals surface area contributed by atoms with Crippen LogP contribution in [0.4, 0.5) is 0 Å². The van der Waals surface area contributed by atoms with Crippen molar-refractivity contribution in [3.05, 3.63) is 48.0 Å². The number of benzene rings is 1. The van der Waals surface area contributed by atoms with Gasteiger partial charge in [0.15, 0.2) is 0 Å². The summed E-state index contributed by atoms with van der Waals surface area (Å²) in [5, 5.41) is 0. The van der Waals surface area contributed by atoms with Crippen LogP contribution in [0.1, 0.15) is 30.7 Å². The Kier molecular flexibility index (Phi) is 3.33. The Bertz CT molecular complexity index is 340. The second-order valence-electron chi connectivity index (χ2n) is 4.10. The van der Waals surface area contributed by atoms with E-state index in [0.717, 1.165) is 24.7 Å². The second kappa shape index (κ2) is 4.92. The maximum atomic E-state index is 11.2. The van der Waals surface area contributed by atoms with Gasteiger partial charge in [0.05, 0.1) is 0 Å². The summed E-state index contributed by atoms with van der Waals surface area (Å²) < 4.78 is 0. The number of rotatable bonds is 3. The monoisotopic (exact) mass is 200 g/mol. The Morgan fingerprint density at radius 2 is 2.07 bits per heavy atom. The van der Waals surface area contributed by atoms with E-state index in [4.69, 9.17) is 0 Å². The molecule has 1 nitrogen and oxygen atoms in total. The molecule has 0 radical (unpaired) electrons. The molecule has 0 aliphatic heterocycles. The molecular weight excluding hydrogens is 184 g/mol. The van der Waals surface area contributed by atoms with Gasteiger partial charge in [-0.2, -0.15) is 0 Å². The molecule has 0 bridgehead atoms. The highest BCUT2D eigenvalue weighted by Gasteiger charge is 2.21. The number of allylic oxidation sites excluding steroid dienone is 2. The summed E-state index contributed by atoms with van der Waals surface area (Å²) in [6, 6.07) is 10.1. The van der Waals surface area contributed by atoms with Crippen LogP contribution in [0, 0.1) is 5.92 Å². The molecule has 0 heterocycles. The van der Waals surface area contributed by atoms with E-state index in [2.05, 4.69) is 12.2 Å². The third kappa shape index (κ3) is 2.35. The lowest BCUT2D eigenvalue weighted by atomic mass is 9.81. The summed E-state index contributed by atoms with van der Waals surface area (Å²) in [7, 11) is 0. The van der Waals surface area contributed by atoms with Crippen LogP contribution in [0.5, 0.6) is 0 Å². The summed E-state index contributed by atoms with van der Waals surface area (Å²) in [5.41, 5.74) is 1.14. The van der Waals surface area contributed by atoms with Gasteiger partial charge in [-0.25, -0.2) is 0 Å². The van der Waals surface area contributed by atoms with Crippen LogP contribution < -0.4 is 0 Å². The smallest absolute Gasteiger partial charge is 0.128 e. The van der Waals surface area contributed by atoms with E-state index in [1.54, 1.807) is 0 Å². The number of aldehydes is 1. The summed E-state index contributed by atoms with van der Waals surface area (Å²) in [6.45, 7) is 0. The van der Waals surface area contributed by atoms with Gasteiger partial charge in [0, 0.05) is 5.92 Å². The minimum atomic E-state index is 0.0442. The Balaban J connectivity index is 2.20. The van der Waals surface area contributed by atoms with Crippen molar-refractivity contribution in [2.75, 3.05) is 0 Å². The molecule has 0 N–H and O–H groups in total. The number of hydrogen-bond acceptors (Lipinski definition) is 1. The molecule has 0 spiro atoms. The average Bonchev–Trinajstić information content (AvgIpc) is 2.33. The summed E-state index contributed by atoms with van der Waals surface area (Å²) in [5.74, 6) is 0.446. The average molecular weight is 200 g/mol. The van der Waals surface area contributed by atoms with Gasteiger partial charge in [-0.15, -0.1) is 0 Å². The van der Waals surface area contributed by atoms with Crippen LogP contribution in [0.25, 0.3) is 0 Å². The van der Waals surface area contributed by atoms with Gasteiger partial charge in [-0.3, -0.25) is 0 Å². The van der Waals surface area contributed by atoms with E-state index in [0.29, 0.717) is 5.92 Å². The van der Waals surface area contributed by atoms with E-state index in [9.17, 15) is 4.79 Å². The zero-order valence-corrected chi connectivity index (χ0v) is 8.80. The molecule has 0 saturated heterocycles. The van der Waals surface area contributed by atoms with Crippen molar-refractivity contribution in [2.24, 2.45) is 5.92 Å². The Morgan fingerprint density at radius 3 is 2.67 bits per heavy atom. The molecule has 0 unspecified atom stereocenters. The van der Waals surface area contributed by atoms with Gasteiger partial charge < -0.3 is 4.79 Å². The molecule has 0 amide bonds. The van der Waals surface area contributed by atoms with Crippen LogP contribution in [0.15, 0.2) is 42.5 Å². The fourth-order valence-corrected chi connectivity index (χ4v) is 2.24. The first kappa shape index (κ1) is 10.2. The van der Waals surface area contributed by atoms with Gasteiger partial charge in [0.25, 0.3) is 0 Å². The van der Waals surface area contributed by atoms with E-state index in [-0.39, 0.29) is 5.92 Å². The van der Waals surface area contributed by atoms with Gasteiger partial charge in [0.2, 0.25) is 0 Å². The molecule has 15 heavy (non-hydrogen) atoms. The Labute approximate surface area is 90.8 Å². The van der Waals surface area contributed by atoms with E-state index in [1.165, 1.54) is 6.42 Å². The van der Waals surface area contributed by atoms with Gasteiger partial charge in [0.1, 0.15) is 6.29 Å². The Hall–Kier alpha value is -1.37. The molecule has 0 aromatic heterocycles. The number of hydrogen-bond donors (Lipinski definition) is 0. The maximum Gasteiger partial charge on any atom is 0.128 e. The summed E-state index contributed by atoms with van der Waals surface area (Å²) in [6.07, 6.45) is 9.00. The van der Waals surface area contributed by atoms with Crippen LogP contribution in [0.2, 0.25) is 0 Å². The zero-order valence-electron chi connectivity index (χ0n) is 8.80. The minimum Gasteiger partial charge on any atom is -0.303 e. The van der Waals surface area contributed by atoms with Crippen LogP contribution in [0.3, 0.4) is 0 Å². The summed E-state index contributed by atoms with van der Waals surface area (Å²) in [4.78, 5) is 11.2. The van der Waals surface area contributed by atoms with Crippen molar-refractivity contribution in [1.82, 2.24) is 0 Å². The highest BCUT2D eigenvalue weighted by atomic mass is 16.1. The minimum absolute atomic E-state index is 0.0442. The van der Waals surface area contributed by atoms with E-state index < -0.39 is 0 Å². The Morgan fingerprint density at radius 1 is 1.27 bits per heavy atom. The largest absolute Gasteiger partial charge is 0.303 e. The summed E-state index contributed by atoms with van der Waals surface area (Å²) >= 11 is 0. The van der Waals surface area contributed by atoms with Crippen molar-refractivity contribution in [3.63, 3.8) is 0 Å². The fourth-order valence-electron chi connectivity index (χ4n) is 2.24. The fraction of sp³-hybridized carbons (Fsp3) is 0.357. The third-order valence-electron chi connectivity index (χ3n) is 3.08. The molecule has 1 aliphatic carbocycles. The van der Waals surface area contributed by atoms with Crippen molar-refractivity contribution in [1.29, 1.82) is 0 Å². The topological polar surface area (TPSA) is 17.1 Å². The first-order valence-corrected chi connectivity index (χ1v) is 5.58. The van der Waals surface area contributed by atoms with Crippen molar-refractivity contribution in [2.45, 2.75) is 25.2 Å². The molecule has 0 fully saturated rings. The molecule has 2 rings (SSSR count). The predicted molar refractivity (Wildman–Crippen MR) is 61.7 cm³/mol. The van der Waals surface area contributed by atoms with E-state index >= 15 is 0 Å². The highest BCUT2D eigenvalue weighted by Crippen LogP contribution is 2.30. The molecule has 1 aromatic carbocycles. The van der Waals surface area contributed by atoms with Crippen LogP contribution in [-0.2, 0) is 4.79 Å². The van der Waals surface area contributed by atoms with Crippen molar-refractivity contribution in [3.8, 4) is 0 Å². The number of carbonyl (C=O) groups is 1. The molecular formula is C14H16O. The van der Waals surface area contributed by atoms with Crippen LogP contribution in [-0.4, -0.2) is 6.29 Å². The predicted octanol–water partition coefficient (Wildman–Crippen LogP) is 3.33. The second-order valence-corrected chi connectivity index (χ2v) is 4.10. The van der Waals surface area contributed by atoms with Crippen molar-refractivity contribution >= 4 is 6.29 Å². The van der Waals surface area contributed by atoms with Gasteiger partial charge in [-0.05, 0) is 30.7 Å². The van der Waals surface area contributed by atoms with E-state index in [1.807, 2.05) is 30.3 Å². The molecule has 2 atom stereocenters. The first-order chi connectivity index (χ1) is 7.42. The lowest BCUT2D eigenvalue weighted by molar-refractivity contribution is -0.109. The van der Waals surface area contributed by atoms with Gasteiger partial charge in [-0.1, -0.05) is 42.5 Å². The zero-order chi connectivity index (χ0) is 10.5. The quantitative estimate of drug-likeness (QED) is 0.540. The highest BCUT2D eigenvalue weighted by molar-refractivity contribution is 5.63.